The number of hydrogen-bond donors (Lipinski definition) is 2. The van der Waals surface area contributed by atoms with Crippen molar-refractivity contribution in [1.29, 1.82) is 0 Å². The number of nitrogens with zero attached hydrogens (tertiary/aromatic N) is 1. The Morgan fingerprint density at radius 1 is 1.35 bits per heavy atom. The van der Waals surface area contributed by atoms with Gasteiger partial charge >= 0.3 is 0 Å². The number of nitrogens with one attached hydrogen (secondary N) is 2. The zero-order chi connectivity index (χ0) is 11.8. The lowest BCUT2D eigenvalue weighted by Gasteiger charge is -2.37. The number of hydrogen-bond acceptors (Lipinski definition) is 3. The summed E-state index contributed by atoms with van der Waals surface area (Å²) in [7, 11) is 0. The van der Waals surface area contributed by atoms with Crippen molar-refractivity contribution in [3.63, 3.8) is 0 Å². The molecule has 1 aromatic rings. The number of fused-ring (bicyclic) bond motifs is 1. The summed E-state index contributed by atoms with van der Waals surface area (Å²) in [6.07, 6.45) is 1.03. The summed E-state index contributed by atoms with van der Waals surface area (Å²) in [5, 5.41) is 6.57. The average Bonchev–Trinajstić information content (AvgIpc) is 2.84. The maximum absolute atomic E-state index is 12.3. The van der Waals surface area contributed by atoms with Crippen molar-refractivity contribution in [2.75, 3.05) is 23.3 Å². The van der Waals surface area contributed by atoms with Crippen LogP contribution in [-0.2, 0) is 4.79 Å². The van der Waals surface area contributed by atoms with Crippen molar-refractivity contribution in [2.45, 2.75) is 25.4 Å². The lowest BCUT2D eigenvalue weighted by atomic mass is 10.1. The van der Waals surface area contributed by atoms with Gasteiger partial charge < -0.3 is 15.5 Å². The van der Waals surface area contributed by atoms with E-state index >= 15 is 0 Å². The van der Waals surface area contributed by atoms with Gasteiger partial charge in [0, 0.05) is 6.54 Å². The van der Waals surface area contributed by atoms with Gasteiger partial charge in [0.25, 0.3) is 0 Å². The first-order valence-corrected chi connectivity index (χ1v) is 6.17. The fraction of sp³-hybridized carbons (Fsp3) is 0.462. The van der Waals surface area contributed by atoms with Crippen molar-refractivity contribution in [3.05, 3.63) is 24.3 Å². The lowest BCUT2D eigenvalue weighted by molar-refractivity contribution is -0.119. The second-order valence-electron chi connectivity index (χ2n) is 4.74. The number of anilines is 2. The summed E-state index contributed by atoms with van der Waals surface area (Å²) in [5.41, 5.74) is 2.08. The van der Waals surface area contributed by atoms with E-state index in [0.717, 1.165) is 30.9 Å². The molecule has 1 fully saturated rings. The molecule has 2 unspecified atom stereocenters. The average molecular weight is 231 g/mol. The highest BCUT2D eigenvalue weighted by Gasteiger charge is 2.35. The standard InChI is InChI=1S/C13H17N3O/c1-9-13(17)16(10-6-7-14-8-10)12-5-3-2-4-11(12)15-9/h2-5,9-10,14-15H,6-8H2,1H3. The topological polar surface area (TPSA) is 44.4 Å². The van der Waals surface area contributed by atoms with Crippen molar-refractivity contribution >= 4 is 17.3 Å². The molecule has 2 aliphatic rings. The largest absolute Gasteiger partial charge is 0.372 e. The van der Waals surface area contributed by atoms with Crippen LogP contribution in [0.5, 0.6) is 0 Å². The van der Waals surface area contributed by atoms with Gasteiger partial charge in [0.2, 0.25) is 5.91 Å². The molecular formula is C13H17N3O. The summed E-state index contributed by atoms with van der Waals surface area (Å²) in [6.45, 7) is 3.82. The molecule has 90 valence electrons. The van der Waals surface area contributed by atoms with Crippen LogP contribution in [0.1, 0.15) is 13.3 Å². The Morgan fingerprint density at radius 2 is 2.18 bits per heavy atom. The number of carbonyl (C=O) groups excluding carboxylic acids is 1. The highest BCUT2D eigenvalue weighted by atomic mass is 16.2. The van der Waals surface area contributed by atoms with E-state index in [-0.39, 0.29) is 11.9 Å². The molecule has 0 bridgehead atoms. The van der Waals surface area contributed by atoms with Gasteiger partial charge in [0.15, 0.2) is 0 Å². The lowest BCUT2D eigenvalue weighted by Crippen LogP contribution is -2.51. The fourth-order valence-corrected chi connectivity index (χ4v) is 2.66. The van der Waals surface area contributed by atoms with Gasteiger partial charge in [-0.2, -0.15) is 0 Å². The molecule has 0 saturated carbocycles. The molecule has 2 N–H and O–H groups in total. The minimum Gasteiger partial charge on any atom is -0.372 e. The first kappa shape index (κ1) is 10.6. The SMILES string of the molecule is CC1Nc2ccccc2N(C2CCNC2)C1=O. The molecular weight excluding hydrogens is 214 g/mol. The Morgan fingerprint density at radius 3 is 2.94 bits per heavy atom. The molecule has 17 heavy (non-hydrogen) atoms. The highest BCUT2D eigenvalue weighted by Crippen LogP contribution is 2.33. The summed E-state index contributed by atoms with van der Waals surface area (Å²) < 4.78 is 0. The molecule has 4 heteroatoms. The van der Waals surface area contributed by atoms with Gasteiger partial charge in [0.05, 0.1) is 17.4 Å². The van der Waals surface area contributed by atoms with E-state index in [9.17, 15) is 4.79 Å². The summed E-state index contributed by atoms with van der Waals surface area (Å²) >= 11 is 0. The van der Waals surface area contributed by atoms with E-state index < -0.39 is 0 Å². The third-order valence-electron chi connectivity index (χ3n) is 3.54. The Hall–Kier alpha value is -1.55. The highest BCUT2D eigenvalue weighted by molar-refractivity contribution is 6.05. The van der Waals surface area contributed by atoms with E-state index in [1.807, 2.05) is 36.1 Å². The second-order valence-corrected chi connectivity index (χ2v) is 4.74. The zero-order valence-electron chi connectivity index (χ0n) is 9.94. The van der Waals surface area contributed by atoms with E-state index in [1.165, 1.54) is 0 Å². The van der Waals surface area contributed by atoms with Crippen LogP contribution in [0, 0.1) is 0 Å². The van der Waals surface area contributed by atoms with Crippen LogP contribution in [0.3, 0.4) is 0 Å². The quantitative estimate of drug-likeness (QED) is 0.763. The third-order valence-corrected chi connectivity index (χ3v) is 3.54. The molecule has 4 nitrogen and oxygen atoms in total. The summed E-state index contributed by atoms with van der Waals surface area (Å²) in [5.74, 6) is 0.178. The van der Waals surface area contributed by atoms with Crippen molar-refractivity contribution in [1.82, 2.24) is 5.32 Å². The van der Waals surface area contributed by atoms with Crippen molar-refractivity contribution in [2.24, 2.45) is 0 Å². The maximum atomic E-state index is 12.3. The predicted octanol–water partition coefficient (Wildman–Crippen LogP) is 1.20. The van der Waals surface area contributed by atoms with Crippen LogP contribution < -0.4 is 15.5 Å². The normalized spacial score (nSPS) is 27.8. The van der Waals surface area contributed by atoms with Crippen molar-refractivity contribution < 1.29 is 4.79 Å². The molecule has 1 amide bonds. The van der Waals surface area contributed by atoms with Crippen LogP contribution in [0.2, 0.25) is 0 Å². The molecule has 2 heterocycles. The molecule has 0 radical (unpaired) electrons. The molecule has 0 spiro atoms. The predicted molar refractivity (Wildman–Crippen MR) is 68.3 cm³/mol. The number of amides is 1. The second kappa shape index (κ2) is 4.04. The number of benzene rings is 1. The van der Waals surface area contributed by atoms with Crippen LogP contribution in [0.25, 0.3) is 0 Å². The van der Waals surface area contributed by atoms with Crippen LogP contribution in [0.4, 0.5) is 11.4 Å². The van der Waals surface area contributed by atoms with Gasteiger partial charge in [0.1, 0.15) is 6.04 Å². The van der Waals surface area contributed by atoms with Gasteiger partial charge in [-0.25, -0.2) is 0 Å². The minimum absolute atomic E-state index is 0.134. The van der Waals surface area contributed by atoms with Crippen molar-refractivity contribution in [3.8, 4) is 0 Å². The molecule has 0 aliphatic carbocycles. The Labute approximate surface area is 101 Å². The number of para-hydroxylation sites is 2. The molecule has 1 saturated heterocycles. The Kier molecular flexibility index (Phi) is 2.52. The van der Waals surface area contributed by atoms with Gasteiger partial charge in [-0.1, -0.05) is 12.1 Å². The Bertz CT molecular complexity index is 440. The van der Waals surface area contributed by atoms with Gasteiger partial charge in [-0.3, -0.25) is 4.79 Å². The van der Waals surface area contributed by atoms with Gasteiger partial charge in [-0.15, -0.1) is 0 Å². The van der Waals surface area contributed by atoms with E-state index in [0.29, 0.717) is 6.04 Å². The summed E-state index contributed by atoms with van der Waals surface area (Å²) in [4.78, 5) is 14.3. The van der Waals surface area contributed by atoms with Crippen LogP contribution in [0.15, 0.2) is 24.3 Å². The van der Waals surface area contributed by atoms with Gasteiger partial charge in [-0.05, 0) is 32.0 Å². The molecule has 0 aromatic heterocycles. The van der Waals surface area contributed by atoms with E-state index in [2.05, 4.69) is 10.6 Å². The minimum atomic E-state index is -0.134. The number of carbonyl (C=O) groups is 1. The molecule has 3 rings (SSSR count). The van der Waals surface area contributed by atoms with Crippen LogP contribution in [-0.4, -0.2) is 31.1 Å². The maximum Gasteiger partial charge on any atom is 0.249 e. The number of rotatable bonds is 1. The summed E-state index contributed by atoms with van der Waals surface area (Å²) in [6, 6.07) is 8.20. The third kappa shape index (κ3) is 1.69. The monoisotopic (exact) mass is 231 g/mol. The molecule has 1 aromatic carbocycles. The first-order chi connectivity index (χ1) is 8.27. The van der Waals surface area contributed by atoms with Crippen LogP contribution >= 0.6 is 0 Å². The Balaban J connectivity index is 2.02. The van der Waals surface area contributed by atoms with E-state index in [4.69, 9.17) is 0 Å². The van der Waals surface area contributed by atoms with E-state index in [1.54, 1.807) is 0 Å². The smallest absolute Gasteiger partial charge is 0.249 e. The first-order valence-electron chi connectivity index (χ1n) is 6.17. The molecule has 2 aliphatic heterocycles. The molecule has 2 atom stereocenters. The zero-order valence-corrected chi connectivity index (χ0v) is 9.94. The fourth-order valence-electron chi connectivity index (χ4n) is 2.66.